The fourth-order valence-electron chi connectivity index (χ4n) is 3.09. The molecule has 0 amide bonds. The Labute approximate surface area is 127 Å². The van der Waals surface area contributed by atoms with E-state index in [0.717, 1.165) is 12.3 Å². The zero-order valence-electron chi connectivity index (χ0n) is 12.9. The lowest BCUT2D eigenvalue weighted by Gasteiger charge is -2.15. The summed E-state index contributed by atoms with van der Waals surface area (Å²) in [5.74, 6) is 0.958. The second-order valence-corrected chi connectivity index (χ2v) is 5.75. The summed E-state index contributed by atoms with van der Waals surface area (Å²) in [7, 11) is 0. The van der Waals surface area contributed by atoms with E-state index in [1.807, 2.05) is 13.0 Å². The average molecular weight is 281 g/mol. The number of hydrogen-bond acceptors (Lipinski definition) is 2. The van der Waals surface area contributed by atoms with Crippen LogP contribution in [0.15, 0.2) is 42.5 Å². The number of nitrogens with one attached hydrogen (secondary N) is 1. The minimum Gasteiger partial charge on any atom is -0.494 e. The number of benzene rings is 2. The van der Waals surface area contributed by atoms with Gasteiger partial charge in [0.2, 0.25) is 0 Å². The Balaban J connectivity index is 1.67. The number of rotatable bonds is 5. The molecule has 2 aromatic carbocycles. The third kappa shape index (κ3) is 3.27. The largest absolute Gasteiger partial charge is 0.494 e. The van der Waals surface area contributed by atoms with Crippen LogP contribution in [0.3, 0.4) is 0 Å². The van der Waals surface area contributed by atoms with E-state index in [-0.39, 0.29) is 0 Å². The summed E-state index contributed by atoms with van der Waals surface area (Å²) in [5.41, 5.74) is 5.61. The Kier molecular flexibility index (Phi) is 4.26. The van der Waals surface area contributed by atoms with Gasteiger partial charge in [-0.25, -0.2) is 0 Å². The van der Waals surface area contributed by atoms with E-state index in [1.54, 1.807) is 0 Å². The Bertz CT molecular complexity index is 621. The van der Waals surface area contributed by atoms with Gasteiger partial charge in [-0.3, -0.25) is 0 Å². The third-order valence-electron chi connectivity index (χ3n) is 4.14. The highest BCUT2D eigenvalue weighted by molar-refractivity contribution is 5.38. The number of hydrogen-bond donors (Lipinski definition) is 1. The van der Waals surface area contributed by atoms with Crippen molar-refractivity contribution in [1.82, 2.24) is 5.32 Å². The summed E-state index contributed by atoms with van der Waals surface area (Å²) >= 11 is 0. The van der Waals surface area contributed by atoms with Crippen LogP contribution in [0.1, 0.15) is 41.6 Å². The topological polar surface area (TPSA) is 21.3 Å². The van der Waals surface area contributed by atoms with E-state index in [9.17, 15) is 0 Å². The molecule has 0 saturated carbocycles. The molecule has 1 aliphatic carbocycles. The molecule has 0 fully saturated rings. The lowest BCUT2D eigenvalue weighted by molar-refractivity contribution is 0.339. The predicted molar refractivity (Wildman–Crippen MR) is 86.7 cm³/mol. The zero-order valence-corrected chi connectivity index (χ0v) is 12.9. The van der Waals surface area contributed by atoms with Crippen LogP contribution >= 0.6 is 0 Å². The van der Waals surface area contributed by atoms with Gasteiger partial charge in [-0.1, -0.05) is 35.9 Å². The Morgan fingerprint density at radius 2 is 2.10 bits per heavy atom. The number of fused-ring (bicyclic) bond motifs is 1. The summed E-state index contributed by atoms with van der Waals surface area (Å²) < 4.78 is 5.56. The van der Waals surface area contributed by atoms with Gasteiger partial charge in [0.1, 0.15) is 5.75 Å². The molecular formula is C19H23NO. The molecule has 1 atom stereocenters. The average Bonchev–Trinajstić information content (AvgIpc) is 2.88. The molecule has 2 heteroatoms. The standard InChI is InChI=1S/C19H23NO/c1-3-21-17-6-4-5-15(12-17)13-20-19-10-9-16-8-7-14(2)11-18(16)19/h4-8,11-12,19-20H,3,9-10,13H2,1-2H3. The van der Waals surface area contributed by atoms with Gasteiger partial charge in [-0.15, -0.1) is 0 Å². The van der Waals surface area contributed by atoms with Crippen LogP contribution in [-0.4, -0.2) is 6.61 Å². The highest BCUT2D eigenvalue weighted by atomic mass is 16.5. The molecule has 1 N–H and O–H groups in total. The highest BCUT2D eigenvalue weighted by Gasteiger charge is 2.21. The zero-order chi connectivity index (χ0) is 14.7. The summed E-state index contributed by atoms with van der Waals surface area (Å²) in [4.78, 5) is 0. The van der Waals surface area contributed by atoms with E-state index in [0.29, 0.717) is 12.6 Å². The molecule has 2 nitrogen and oxygen atoms in total. The third-order valence-corrected chi connectivity index (χ3v) is 4.14. The van der Waals surface area contributed by atoms with Gasteiger partial charge < -0.3 is 10.1 Å². The van der Waals surface area contributed by atoms with E-state index in [1.165, 1.54) is 35.1 Å². The van der Waals surface area contributed by atoms with Crippen molar-refractivity contribution in [2.45, 2.75) is 39.3 Å². The molecule has 0 saturated heterocycles. The number of aryl methyl sites for hydroxylation is 2. The fraction of sp³-hybridized carbons (Fsp3) is 0.368. The molecule has 0 spiro atoms. The predicted octanol–water partition coefficient (Wildman–Crippen LogP) is 4.17. The molecule has 2 aromatic rings. The minimum atomic E-state index is 0.482. The van der Waals surface area contributed by atoms with Crippen LogP contribution in [0.25, 0.3) is 0 Å². The van der Waals surface area contributed by atoms with Crippen LogP contribution in [0, 0.1) is 6.92 Å². The van der Waals surface area contributed by atoms with Crippen molar-refractivity contribution in [3.05, 3.63) is 64.7 Å². The molecule has 0 aliphatic heterocycles. The molecule has 1 unspecified atom stereocenters. The normalized spacial score (nSPS) is 16.8. The summed E-state index contributed by atoms with van der Waals surface area (Å²) in [6, 6.07) is 15.7. The maximum atomic E-state index is 5.56. The van der Waals surface area contributed by atoms with Gasteiger partial charge >= 0.3 is 0 Å². The maximum Gasteiger partial charge on any atom is 0.119 e. The summed E-state index contributed by atoms with van der Waals surface area (Å²) in [6.45, 7) is 5.79. The van der Waals surface area contributed by atoms with Crippen molar-refractivity contribution in [1.29, 1.82) is 0 Å². The monoisotopic (exact) mass is 281 g/mol. The van der Waals surface area contributed by atoms with Gasteiger partial charge in [0.25, 0.3) is 0 Å². The first-order valence-electron chi connectivity index (χ1n) is 7.81. The van der Waals surface area contributed by atoms with Crippen molar-refractivity contribution in [3.8, 4) is 5.75 Å². The van der Waals surface area contributed by atoms with Gasteiger partial charge in [0, 0.05) is 12.6 Å². The molecule has 21 heavy (non-hydrogen) atoms. The SMILES string of the molecule is CCOc1cccc(CNC2CCc3ccc(C)cc32)c1. The van der Waals surface area contributed by atoms with E-state index in [4.69, 9.17) is 4.74 Å². The van der Waals surface area contributed by atoms with Gasteiger partial charge in [0.15, 0.2) is 0 Å². The maximum absolute atomic E-state index is 5.56. The smallest absolute Gasteiger partial charge is 0.119 e. The van der Waals surface area contributed by atoms with Crippen molar-refractivity contribution in [2.75, 3.05) is 6.61 Å². The summed E-state index contributed by atoms with van der Waals surface area (Å²) in [6.07, 6.45) is 2.39. The molecule has 1 aliphatic rings. The number of ether oxygens (including phenoxy) is 1. The highest BCUT2D eigenvalue weighted by Crippen LogP contribution is 2.32. The first kappa shape index (κ1) is 14.2. The van der Waals surface area contributed by atoms with Gasteiger partial charge in [0.05, 0.1) is 6.61 Å². The van der Waals surface area contributed by atoms with Crippen LogP contribution in [0.5, 0.6) is 5.75 Å². The van der Waals surface area contributed by atoms with E-state index in [2.05, 4.69) is 48.6 Å². The van der Waals surface area contributed by atoms with Crippen molar-refractivity contribution < 1.29 is 4.74 Å². The first-order valence-corrected chi connectivity index (χ1v) is 7.81. The molecule has 0 radical (unpaired) electrons. The van der Waals surface area contributed by atoms with Crippen LogP contribution < -0.4 is 10.1 Å². The fourth-order valence-corrected chi connectivity index (χ4v) is 3.09. The van der Waals surface area contributed by atoms with E-state index >= 15 is 0 Å². The molecule has 0 aromatic heterocycles. The van der Waals surface area contributed by atoms with Crippen LogP contribution in [0.2, 0.25) is 0 Å². The molecule has 3 rings (SSSR count). The van der Waals surface area contributed by atoms with Crippen molar-refractivity contribution >= 4 is 0 Å². The quantitative estimate of drug-likeness (QED) is 0.888. The lowest BCUT2D eigenvalue weighted by Crippen LogP contribution is -2.18. The molecule has 0 heterocycles. The molecule has 0 bridgehead atoms. The minimum absolute atomic E-state index is 0.482. The molecule has 110 valence electrons. The Morgan fingerprint density at radius 3 is 2.95 bits per heavy atom. The van der Waals surface area contributed by atoms with Crippen LogP contribution in [-0.2, 0) is 13.0 Å². The van der Waals surface area contributed by atoms with Gasteiger partial charge in [-0.05, 0) is 55.5 Å². The van der Waals surface area contributed by atoms with Crippen LogP contribution in [0.4, 0.5) is 0 Å². The second kappa shape index (κ2) is 6.31. The van der Waals surface area contributed by atoms with E-state index < -0.39 is 0 Å². The Hall–Kier alpha value is -1.80. The summed E-state index contributed by atoms with van der Waals surface area (Å²) in [5, 5.41) is 3.70. The first-order chi connectivity index (χ1) is 10.3. The second-order valence-electron chi connectivity index (χ2n) is 5.75. The molecular weight excluding hydrogens is 258 g/mol. The Morgan fingerprint density at radius 1 is 1.19 bits per heavy atom. The van der Waals surface area contributed by atoms with Gasteiger partial charge in [-0.2, -0.15) is 0 Å². The van der Waals surface area contributed by atoms with Crippen molar-refractivity contribution in [3.63, 3.8) is 0 Å². The lowest BCUT2D eigenvalue weighted by atomic mass is 10.0. The van der Waals surface area contributed by atoms with Crippen molar-refractivity contribution in [2.24, 2.45) is 0 Å².